The molecule has 2 N–H and O–H groups in total. The van der Waals surface area contributed by atoms with Crippen LogP contribution >= 0.6 is 11.3 Å². The third-order valence-corrected chi connectivity index (χ3v) is 3.58. The topological polar surface area (TPSA) is 35.2 Å². The van der Waals surface area contributed by atoms with E-state index in [1.54, 1.807) is 23.5 Å². The molecule has 0 aliphatic carbocycles. The Bertz CT molecular complexity index is 510. The lowest BCUT2D eigenvalue weighted by molar-refractivity contribution is 0.304. The van der Waals surface area contributed by atoms with E-state index in [2.05, 4.69) is 0 Å². The Labute approximate surface area is 104 Å². The van der Waals surface area contributed by atoms with Gasteiger partial charge < -0.3 is 10.5 Å². The minimum Gasteiger partial charge on any atom is -0.489 e. The van der Waals surface area contributed by atoms with Crippen molar-refractivity contribution in [2.24, 2.45) is 5.73 Å². The Hall–Kier alpha value is -1.39. The van der Waals surface area contributed by atoms with E-state index in [0.717, 1.165) is 10.4 Å². The molecular weight excluding hydrogens is 237 g/mol. The average Bonchev–Trinajstić information content (AvgIpc) is 2.68. The van der Waals surface area contributed by atoms with Crippen LogP contribution in [-0.2, 0) is 13.2 Å². The van der Waals surface area contributed by atoms with Crippen LogP contribution in [0.3, 0.4) is 0 Å². The van der Waals surface area contributed by atoms with Crippen molar-refractivity contribution in [3.8, 4) is 5.75 Å². The Morgan fingerprint density at radius 1 is 1.35 bits per heavy atom. The third-order valence-electron chi connectivity index (χ3n) is 2.46. The molecule has 17 heavy (non-hydrogen) atoms. The zero-order valence-electron chi connectivity index (χ0n) is 9.57. The molecule has 2 rings (SSSR count). The molecule has 0 saturated heterocycles. The van der Waals surface area contributed by atoms with Crippen LogP contribution in [0.25, 0.3) is 0 Å². The summed E-state index contributed by atoms with van der Waals surface area (Å²) in [4.78, 5) is 2.34. The minimum absolute atomic E-state index is 0.285. The smallest absolute Gasteiger partial charge is 0.126 e. The number of benzene rings is 1. The van der Waals surface area contributed by atoms with Crippen LogP contribution in [0.15, 0.2) is 30.3 Å². The molecule has 2 aromatic rings. The summed E-state index contributed by atoms with van der Waals surface area (Å²) >= 11 is 1.67. The molecule has 0 spiro atoms. The Kier molecular flexibility index (Phi) is 3.76. The molecule has 4 heteroatoms. The molecule has 0 aliphatic heterocycles. The molecule has 0 unspecified atom stereocenters. The van der Waals surface area contributed by atoms with Gasteiger partial charge in [0.05, 0.1) is 0 Å². The van der Waals surface area contributed by atoms with Crippen LogP contribution in [-0.4, -0.2) is 0 Å². The molecule has 0 fully saturated rings. The summed E-state index contributed by atoms with van der Waals surface area (Å²) in [6, 6.07) is 8.20. The van der Waals surface area contributed by atoms with Crippen molar-refractivity contribution in [1.82, 2.24) is 0 Å². The summed E-state index contributed by atoms with van der Waals surface area (Å²) in [6.45, 7) is 3.03. The average molecular weight is 251 g/mol. The molecule has 0 atom stereocenters. The predicted molar refractivity (Wildman–Crippen MR) is 67.7 cm³/mol. The molecule has 1 aromatic carbocycles. The summed E-state index contributed by atoms with van der Waals surface area (Å²) < 4.78 is 18.5. The molecule has 0 bridgehead atoms. The Balaban J connectivity index is 2.04. The van der Waals surface area contributed by atoms with Crippen LogP contribution in [0.5, 0.6) is 5.75 Å². The number of rotatable bonds is 4. The van der Waals surface area contributed by atoms with E-state index in [1.165, 1.54) is 17.0 Å². The molecule has 1 heterocycles. The molecule has 0 amide bonds. The number of hydrogen-bond donors (Lipinski definition) is 1. The Morgan fingerprint density at radius 2 is 2.18 bits per heavy atom. The number of ether oxygens (including phenoxy) is 1. The summed E-state index contributed by atoms with van der Waals surface area (Å²) in [5.41, 5.74) is 6.69. The first-order valence-electron chi connectivity index (χ1n) is 5.35. The summed E-state index contributed by atoms with van der Waals surface area (Å²) in [5.74, 6) is 0.261. The highest BCUT2D eigenvalue weighted by Crippen LogP contribution is 2.23. The second-order valence-electron chi connectivity index (χ2n) is 3.74. The molecule has 0 radical (unpaired) electrons. The molecular formula is C13H14FNOS. The third kappa shape index (κ3) is 3.05. The predicted octanol–water partition coefficient (Wildman–Crippen LogP) is 3.23. The van der Waals surface area contributed by atoms with Crippen molar-refractivity contribution >= 4 is 11.3 Å². The molecule has 2 nitrogen and oxygen atoms in total. The maximum Gasteiger partial charge on any atom is 0.126 e. The SMILES string of the molecule is Cc1sc(CN)cc1COc1cccc(F)c1. The van der Waals surface area contributed by atoms with Crippen LogP contribution in [0.2, 0.25) is 0 Å². The van der Waals surface area contributed by atoms with Crippen molar-refractivity contribution in [1.29, 1.82) is 0 Å². The monoisotopic (exact) mass is 251 g/mol. The van der Waals surface area contributed by atoms with Gasteiger partial charge in [-0.05, 0) is 25.1 Å². The van der Waals surface area contributed by atoms with Gasteiger partial charge in [0.15, 0.2) is 0 Å². The second kappa shape index (κ2) is 5.29. The van der Waals surface area contributed by atoms with E-state index < -0.39 is 0 Å². The highest BCUT2D eigenvalue weighted by Gasteiger charge is 2.05. The maximum atomic E-state index is 12.9. The van der Waals surface area contributed by atoms with Gasteiger partial charge in [-0.2, -0.15) is 0 Å². The molecule has 90 valence electrons. The van der Waals surface area contributed by atoms with Crippen LogP contribution < -0.4 is 10.5 Å². The second-order valence-corrected chi connectivity index (χ2v) is 5.09. The standard InChI is InChI=1S/C13H14FNOS/c1-9-10(5-13(7-15)17-9)8-16-12-4-2-3-11(14)6-12/h2-6H,7-8,15H2,1H3. The normalized spacial score (nSPS) is 10.5. The fourth-order valence-corrected chi connectivity index (χ4v) is 2.48. The zero-order valence-corrected chi connectivity index (χ0v) is 10.4. The van der Waals surface area contributed by atoms with Crippen LogP contribution in [0, 0.1) is 12.7 Å². The van der Waals surface area contributed by atoms with Gasteiger partial charge in [0.2, 0.25) is 0 Å². The Morgan fingerprint density at radius 3 is 2.82 bits per heavy atom. The number of halogens is 1. The highest BCUT2D eigenvalue weighted by molar-refractivity contribution is 7.12. The number of nitrogens with two attached hydrogens (primary N) is 1. The summed E-state index contributed by atoms with van der Waals surface area (Å²) in [7, 11) is 0. The lowest BCUT2D eigenvalue weighted by Crippen LogP contribution is -1.96. The van der Waals surface area contributed by atoms with Gasteiger partial charge in [0.1, 0.15) is 18.2 Å². The molecule has 1 aromatic heterocycles. The van der Waals surface area contributed by atoms with E-state index in [0.29, 0.717) is 18.9 Å². The van der Waals surface area contributed by atoms with Crippen molar-refractivity contribution < 1.29 is 9.13 Å². The quantitative estimate of drug-likeness (QED) is 0.905. The van der Waals surface area contributed by atoms with Crippen molar-refractivity contribution in [3.63, 3.8) is 0 Å². The lowest BCUT2D eigenvalue weighted by atomic mass is 10.2. The van der Waals surface area contributed by atoms with E-state index >= 15 is 0 Å². The van der Waals surface area contributed by atoms with Crippen molar-refractivity contribution in [2.75, 3.05) is 0 Å². The van der Waals surface area contributed by atoms with E-state index in [1.807, 2.05) is 13.0 Å². The van der Waals surface area contributed by atoms with Gasteiger partial charge in [-0.25, -0.2) is 4.39 Å². The number of aryl methyl sites for hydroxylation is 1. The van der Waals surface area contributed by atoms with Crippen molar-refractivity contribution in [3.05, 3.63) is 51.5 Å². The van der Waals surface area contributed by atoms with Gasteiger partial charge in [0.25, 0.3) is 0 Å². The van der Waals surface area contributed by atoms with Gasteiger partial charge in [-0.15, -0.1) is 11.3 Å². The van der Waals surface area contributed by atoms with Gasteiger partial charge in [0, 0.05) is 27.9 Å². The van der Waals surface area contributed by atoms with E-state index in [-0.39, 0.29) is 5.82 Å². The first-order valence-corrected chi connectivity index (χ1v) is 6.17. The van der Waals surface area contributed by atoms with Crippen LogP contribution in [0.1, 0.15) is 15.3 Å². The van der Waals surface area contributed by atoms with Gasteiger partial charge in [-0.3, -0.25) is 0 Å². The summed E-state index contributed by atoms with van der Waals surface area (Å²) in [6.07, 6.45) is 0. The van der Waals surface area contributed by atoms with Crippen molar-refractivity contribution in [2.45, 2.75) is 20.1 Å². The fraction of sp³-hybridized carbons (Fsp3) is 0.231. The zero-order chi connectivity index (χ0) is 12.3. The molecule has 0 aliphatic rings. The van der Waals surface area contributed by atoms with Crippen LogP contribution in [0.4, 0.5) is 4.39 Å². The first-order chi connectivity index (χ1) is 8.19. The number of thiophene rings is 1. The fourth-order valence-electron chi connectivity index (χ4n) is 1.55. The van der Waals surface area contributed by atoms with E-state index in [9.17, 15) is 4.39 Å². The van der Waals surface area contributed by atoms with Gasteiger partial charge in [-0.1, -0.05) is 6.07 Å². The maximum absolute atomic E-state index is 12.9. The minimum atomic E-state index is -0.285. The molecule has 0 saturated carbocycles. The first kappa shape index (κ1) is 12.1. The number of hydrogen-bond acceptors (Lipinski definition) is 3. The lowest BCUT2D eigenvalue weighted by Gasteiger charge is -2.05. The van der Waals surface area contributed by atoms with Gasteiger partial charge >= 0.3 is 0 Å². The summed E-state index contributed by atoms with van der Waals surface area (Å²) in [5, 5.41) is 0. The highest BCUT2D eigenvalue weighted by atomic mass is 32.1. The van der Waals surface area contributed by atoms with E-state index in [4.69, 9.17) is 10.5 Å². The largest absolute Gasteiger partial charge is 0.489 e.